The summed E-state index contributed by atoms with van der Waals surface area (Å²) in [5.41, 5.74) is 2.63. The Labute approximate surface area is 162 Å². The first-order valence-electron chi connectivity index (χ1n) is 9.27. The van der Waals surface area contributed by atoms with Crippen molar-refractivity contribution in [3.8, 4) is 11.5 Å². The Morgan fingerprint density at radius 3 is 2.61 bits per heavy atom. The number of aliphatic carboxylic acids is 1. The number of carboxylic acid groups (broad SMARTS) is 1. The van der Waals surface area contributed by atoms with Crippen molar-refractivity contribution in [2.45, 2.75) is 44.5 Å². The van der Waals surface area contributed by atoms with E-state index in [-0.39, 0.29) is 0 Å². The van der Waals surface area contributed by atoms with Gasteiger partial charge in [-0.05, 0) is 36.6 Å². The number of fused-ring (bicyclic) bond motifs is 2. The van der Waals surface area contributed by atoms with Crippen LogP contribution in [0.5, 0.6) is 11.5 Å². The molecule has 1 aliphatic carbocycles. The highest BCUT2D eigenvalue weighted by Gasteiger charge is 2.52. The van der Waals surface area contributed by atoms with Crippen LogP contribution < -0.4 is 9.62 Å². The van der Waals surface area contributed by atoms with E-state index in [1.54, 1.807) is 6.07 Å². The third-order valence-corrected chi connectivity index (χ3v) is 5.52. The fourth-order valence-corrected chi connectivity index (χ4v) is 3.63. The zero-order valence-corrected chi connectivity index (χ0v) is 15.7. The van der Waals surface area contributed by atoms with Crippen molar-refractivity contribution in [1.82, 2.24) is 0 Å². The molecule has 0 amide bonds. The quantitative estimate of drug-likeness (QED) is 0.802. The molecule has 1 saturated carbocycles. The van der Waals surface area contributed by atoms with E-state index in [2.05, 4.69) is 0 Å². The van der Waals surface area contributed by atoms with Crippen LogP contribution in [0.15, 0.2) is 36.4 Å². The number of hydrogen-bond acceptors (Lipinski definition) is 5. The largest absolute Gasteiger partial charge is 0.481 e. The van der Waals surface area contributed by atoms with Gasteiger partial charge in [0.15, 0.2) is 11.5 Å². The topological polar surface area (TPSA) is 74.2 Å². The van der Waals surface area contributed by atoms with Crippen LogP contribution >= 0.6 is 0 Å². The Balaban J connectivity index is 1.46. The Morgan fingerprint density at radius 2 is 1.86 bits per heavy atom. The van der Waals surface area contributed by atoms with E-state index in [1.165, 1.54) is 0 Å². The highest BCUT2D eigenvalue weighted by molar-refractivity contribution is 5.86. The predicted octanol–water partition coefficient (Wildman–Crippen LogP) is 4.27. The van der Waals surface area contributed by atoms with E-state index in [9.17, 15) is 9.90 Å². The first-order chi connectivity index (χ1) is 13.4. The number of carboxylic acids is 1. The van der Waals surface area contributed by atoms with Gasteiger partial charge in [0.25, 0.3) is 0 Å². The second kappa shape index (κ2) is 5.75. The molecule has 0 radical (unpaired) electrons. The molecule has 2 aliphatic heterocycles. The standard InChI is InChI=1S/C22H20O6/c1-21(2)25-12-15-4-3-13(9-17(15)26-21)18-10-14-5-6-16(11-19(14)28-27-18)22(7-8-22)20(23)24/h3-6,9-11H,7-8,12H2,1-2H3,(H,23,24). The third-order valence-electron chi connectivity index (χ3n) is 5.52. The summed E-state index contributed by atoms with van der Waals surface area (Å²) in [6.07, 6.45) is 3.19. The minimum absolute atomic E-state index is 0.496. The van der Waals surface area contributed by atoms with Crippen molar-refractivity contribution in [2.24, 2.45) is 0 Å². The summed E-state index contributed by atoms with van der Waals surface area (Å²) in [6, 6.07) is 11.3. The molecule has 0 saturated heterocycles. The number of ether oxygens (including phenoxy) is 2. The molecule has 0 aromatic heterocycles. The predicted molar refractivity (Wildman–Crippen MR) is 101 cm³/mol. The number of carbonyl (C=O) groups is 1. The van der Waals surface area contributed by atoms with E-state index in [0.717, 1.165) is 28.0 Å². The average Bonchev–Trinajstić information content (AvgIpc) is 3.48. The fraction of sp³-hybridized carbons (Fsp3) is 0.318. The number of benzene rings is 2. The van der Waals surface area contributed by atoms with Crippen molar-refractivity contribution >= 4 is 17.8 Å². The molecule has 2 aromatic carbocycles. The molecule has 144 valence electrons. The SMILES string of the molecule is CC1(C)OCc2ccc(C3=Cc4ccc(C5(C(=O)O)CC5)cc4OO3)cc2O1. The average molecular weight is 380 g/mol. The van der Waals surface area contributed by atoms with Crippen LogP contribution in [0.2, 0.25) is 0 Å². The molecule has 28 heavy (non-hydrogen) atoms. The van der Waals surface area contributed by atoms with Crippen molar-refractivity contribution in [1.29, 1.82) is 0 Å². The van der Waals surface area contributed by atoms with Crippen LogP contribution in [0.25, 0.3) is 11.8 Å². The Hall–Kier alpha value is -2.99. The number of rotatable bonds is 3. The summed E-state index contributed by atoms with van der Waals surface area (Å²) in [6.45, 7) is 4.25. The van der Waals surface area contributed by atoms with Gasteiger partial charge in [-0.25, -0.2) is 0 Å². The summed E-state index contributed by atoms with van der Waals surface area (Å²) in [5, 5.41) is 9.48. The molecular weight excluding hydrogens is 360 g/mol. The van der Waals surface area contributed by atoms with Gasteiger partial charge >= 0.3 is 5.97 Å². The second-order valence-corrected chi connectivity index (χ2v) is 7.93. The van der Waals surface area contributed by atoms with Crippen LogP contribution in [0.4, 0.5) is 0 Å². The van der Waals surface area contributed by atoms with Gasteiger partial charge in [-0.15, -0.1) is 0 Å². The lowest BCUT2D eigenvalue weighted by atomic mass is 9.94. The van der Waals surface area contributed by atoms with Gasteiger partial charge in [-0.2, -0.15) is 0 Å². The molecule has 1 N–H and O–H groups in total. The van der Waals surface area contributed by atoms with Crippen LogP contribution in [0, 0.1) is 0 Å². The molecule has 1 fully saturated rings. The minimum Gasteiger partial charge on any atom is -0.481 e. The maximum atomic E-state index is 11.5. The molecule has 5 rings (SSSR count). The molecule has 6 heteroatoms. The van der Waals surface area contributed by atoms with Gasteiger partial charge in [0, 0.05) is 30.5 Å². The van der Waals surface area contributed by atoms with Crippen LogP contribution in [-0.4, -0.2) is 16.9 Å². The Morgan fingerprint density at radius 1 is 1.04 bits per heavy atom. The van der Waals surface area contributed by atoms with Crippen molar-refractivity contribution in [3.05, 3.63) is 58.7 Å². The maximum absolute atomic E-state index is 11.5. The highest BCUT2D eigenvalue weighted by Crippen LogP contribution is 2.50. The van der Waals surface area contributed by atoms with E-state index in [4.69, 9.17) is 19.2 Å². The first-order valence-corrected chi connectivity index (χ1v) is 9.27. The van der Waals surface area contributed by atoms with Crippen molar-refractivity contribution in [3.63, 3.8) is 0 Å². The van der Waals surface area contributed by atoms with Gasteiger partial charge in [0.2, 0.25) is 5.79 Å². The normalized spacial score (nSPS) is 20.4. The van der Waals surface area contributed by atoms with E-state index in [0.29, 0.717) is 31.0 Å². The van der Waals surface area contributed by atoms with Crippen molar-refractivity contribution < 1.29 is 29.1 Å². The van der Waals surface area contributed by atoms with E-state index in [1.807, 2.05) is 50.3 Å². The lowest BCUT2D eigenvalue weighted by Gasteiger charge is -2.32. The van der Waals surface area contributed by atoms with Crippen molar-refractivity contribution in [2.75, 3.05) is 0 Å². The lowest BCUT2D eigenvalue weighted by molar-refractivity contribution is -0.180. The monoisotopic (exact) mass is 380 g/mol. The first kappa shape index (κ1) is 17.1. The third kappa shape index (κ3) is 2.72. The van der Waals surface area contributed by atoms with Gasteiger partial charge in [-0.3, -0.25) is 14.6 Å². The zero-order valence-electron chi connectivity index (χ0n) is 15.7. The van der Waals surface area contributed by atoms with Crippen LogP contribution in [0.3, 0.4) is 0 Å². The molecule has 2 heterocycles. The van der Waals surface area contributed by atoms with E-state index >= 15 is 0 Å². The molecular formula is C22H20O6. The molecule has 0 spiro atoms. The molecule has 0 atom stereocenters. The molecule has 0 bridgehead atoms. The second-order valence-electron chi connectivity index (χ2n) is 7.93. The lowest BCUT2D eigenvalue weighted by Crippen LogP contribution is -2.35. The van der Waals surface area contributed by atoms with Gasteiger partial charge in [-0.1, -0.05) is 24.3 Å². The molecule has 3 aliphatic rings. The highest BCUT2D eigenvalue weighted by atomic mass is 17.2. The van der Waals surface area contributed by atoms with Gasteiger partial charge < -0.3 is 14.6 Å². The summed E-state index contributed by atoms with van der Waals surface area (Å²) in [4.78, 5) is 22.5. The summed E-state index contributed by atoms with van der Waals surface area (Å²) >= 11 is 0. The molecule has 2 aromatic rings. The minimum atomic E-state index is -0.790. The van der Waals surface area contributed by atoms with Crippen LogP contribution in [-0.2, 0) is 26.4 Å². The van der Waals surface area contributed by atoms with Gasteiger partial charge in [0.05, 0.1) is 12.0 Å². The summed E-state index contributed by atoms with van der Waals surface area (Å²) in [7, 11) is 0. The zero-order chi connectivity index (χ0) is 19.5. The Kier molecular flexibility index (Phi) is 3.52. The summed E-state index contributed by atoms with van der Waals surface area (Å²) in [5.74, 6) is 0.390. The smallest absolute Gasteiger partial charge is 0.314 e. The maximum Gasteiger partial charge on any atom is 0.314 e. The van der Waals surface area contributed by atoms with Gasteiger partial charge in [0.1, 0.15) is 5.75 Å². The summed E-state index contributed by atoms with van der Waals surface area (Å²) < 4.78 is 11.6. The molecule has 0 unspecified atom stereocenters. The number of hydrogen-bond donors (Lipinski definition) is 1. The fourth-order valence-electron chi connectivity index (χ4n) is 3.63. The van der Waals surface area contributed by atoms with Crippen LogP contribution in [0.1, 0.15) is 48.9 Å². The molecule has 6 nitrogen and oxygen atoms in total. The Bertz CT molecular complexity index is 1020. The van der Waals surface area contributed by atoms with E-state index < -0.39 is 17.2 Å².